The van der Waals surface area contributed by atoms with Crippen LogP contribution in [-0.2, 0) is 0 Å². The molecule has 0 unspecified atom stereocenters. The largest absolute Gasteiger partial charge is 0.0616 e. The highest BCUT2D eigenvalue weighted by Crippen LogP contribution is 2.46. The van der Waals surface area contributed by atoms with E-state index < -0.39 is 0 Å². The zero-order valence-corrected chi connectivity index (χ0v) is 17.3. The first-order valence-electron chi connectivity index (χ1n) is 10.9. The van der Waals surface area contributed by atoms with Crippen molar-refractivity contribution in [2.75, 3.05) is 0 Å². The molecule has 7 aromatic carbocycles. The molecule has 0 atom stereocenters. The molecule has 0 spiro atoms. The highest BCUT2D eigenvalue weighted by Gasteiger charge is 2.17. The van der Waals surface area contributed by atoms with Crippen LogP contribution in [0.1, 0.15) is 5.56 Å². The summed E-state index contributed by atoms with van der Waals surface area (Å²) in [5.74, 6) is 0. The molecule has 7 aromatic rings. The molecule has 0 saturated carbocycles. The van der Waals surface area contributed by atoms with Crippen LogP contribution in [0.2, 0.25) is 0 Å². The summed E-state index contributed by atoms with van der Waals surface area (Å²) in [4.78, 5) is 0. The quantitative estimate of drug-likeness (QED) is 0.226. The van der Waals surface area contributed by atoms with Gasteiger partial charge in [0, 0.05) is 0 Å². The van der Waals surface area contributed by atoms with E-state index in [9.17, 15) is 0 Å². The van der Waals surface area contributed by atoms with Crippen LogP contribution in [0.5, 0.6) is 0 Å². The lowest BCUT2D eigenvalue weighted by Crippen LogP contribution is -1.90. The Balaban J connectivity index is 2.01. The van der Waals surface area contributed by atoms with Gasteiger partial charge < -0.3 is 0 Å². The monoisotopic (exact) mass is 392 g/mol. The highest BCUT2D eigenvalue weighted by atomic mass is 14.2. The number of benzene rings is 7. The summed E-state index contributed by atoms with van der Waals surface area (Å²) in [5.41, 5.74) is 1.33. The second kappa shape index (κ2) is 6.06. The molecular weight excluding hydrogens is 372 g/mol. The summed E-state index contributed by atoms with van der Waals surface area (Å²) in [6, 6.07) is 38.0. The minimum atomic E-state index is 1.29. The Labute approximate surface area is 180 Å². The van der Waals surface area contributed by atoms with Gasteiger partial charge in [0.05, 0.1) is 0 Å². The van der Waals surface area contributed by atoms with Crippen LogP contribution in [-0.4, -0.2) is 0 Å². The molecule has 31 heavy (non-hydrogen) atoms. The van der Waals surface area contributed by atoms with Crippen molar-refractivity contribution >= 4 is 64.6 Å². The lowest BCUT2D eigenvalue weighted by atomic mass is 9.84. The van der Waals surface area contributed by atoms with Crippen LogP contribution in [0, 0.1) is 6.92 Å². The summed E-state index contributed by atoms with van der Waals surface area (Å²) in [7, 11) is 0. The first-order chi connectivity index (χ1) is 15.3. The van der Waals surface area contributed by atoms with E-state index in [1.165, 1.54) is 70.2 Å². The lowest BCUT2D eigenvalue weighted by molar-refractivity contribution is 1.55. The minimum Gasteiger partial charge on any atom is -0.0616 e. The Morgan fingerprint density at radius 3 is 1.58 bits per heavy atom. The number of aryl methyl sites for hydroxylation is 1. The van der Waals surface area contributed by atoms with Crippen molar-refractivity contribution in [1.29, 1.82) is 0 Å². The van der Waals surface area contributed by atoms with E-state index >= 15 is 0 Å². The maximum absolute atomic E-state index is 2.33. The normalized spacial score (nSPS) is 12.0. The highest BCUT2D eigenvalue weighted by molar-refractivity contribution is 6.42. The third kappa shape index (κ3) is 2.14. The van der Waals surface area contributed by atoms with Gasteiger partial charge in [-0.25, -0.2) is 0 Å². The maximum atomic E-state index is 2.33. The van der Waals surface area contributed by atoms with Gasteiger partial charge in [-0.05, 0) is 77.1 Å². The topological polar surface area (TPSA) is 0 Å². The van der Waals surface area contributed by atoms with Crippen molar-refractivity contribution in [1.82, 2.24) is 0 Å². The predicted molar refractivity (Wildman–Crippen MR) is 136 cm³/mol. The molecule has 0 aliphatic carbocycles. The Bertz CT molecular complexity index is 1820. The summed E-state index contributed by atoms with van der Waals surface area (Å²) in [6.07, 6.45) is 0. The molecule has 0 radical (unpaired) electrons. The van der Waals surface area contributed by atoms with Crippen molar-refractivity contribution in [3.63, 3.8) is 0 Å². The molecule has 0 saturated heterocycles. The average Bonchev–Trinajstić information content (AvgIpc) is 2.83. The van der Waals surface area contributed by atoms with Gasteiger partial charge >= 0.3 is 0 Å². The molecule has 0 aliphatic heterocycles. The van der Waals surface area contributed by atoms with Crippen molar-refractivity contribution in [3.05, 3.63) is 109 Å². The molecule has 0 fully saturated rings. The Hall–Kier alpha value is -3.90. The van der Waals surface area contributed by atoms with Gasteiger partial charge in [0.15, 0.2) is 0 Å². The van der Waals surface area contributed by atoms with E-state index in [-0.39, 0.29) is 0 Å². The fraction of sp³-hybridized carbons (Fsp3) is 0.0323. The summed E-state index contributed by atoms with van der Waals surface area (Å²) in [5, 5.41) is 16.1. The second-order valence-corrected chi connectivity index (χ2v) is 8.55. The predicted octanol–water partition coefficient (Wildman–Crippen LogP) is 8.91. The molecule has 0 aromatic heterocycles. The fourth-order valence-corrected chi connectivity index (χ4v) is 5.66. The van der Waals surface area contributed by atoms with Crippen molar-refractivity contribution in [2.45, 2.75) is 6.92 Å². The Kier molecular flexibility index (Phi) is 3.29. The molecule has 144 valence electrons. The zero-order chi connectivity index (χ0) is 20.5. The molecule has 0 amide bonds. The molecular formula is C31H20. The lowest BCUT2D eigenvalue weighted by Gasteiger charge is -2.18. The molecule has 0 nitrogen and oxygen atoms in total. The third-order valence-corrected chi connectivity index (χ3v) is 6.92. The van der Waals surface area contributed by atoms with Gasteiger partial charge in [0.1, 0.15) is 0 Å². The minimum absolute atomic E-state index is 1.29. The van der Waals surface area contributed by atoms with Crippen LogP contribution in [0.25, 0.3) is 64.6 Å². The Morgan fingerprint density at radius 2 is 0.839 bits per heavy atom. The number of rotatable bonds is 0. The Morgan fingerprint density at radius 1 is 0.323 bits per heavy atom. The molecule has 0 N–H and O–H groups in total. The third-order valence-electron chi connectivity index (χ3n) is 6.92. The SMILES string of the molecule is Cc1cccc2c1c1ccc3ccccc3c1c1c3ccccc3c3ccccc3c21. The van der Waals surface area contributed by atoms with Crippen LogP contribution in [0.3, 0.4) is 0 Å². The van der Waals surface area contributed by atoms with E-state index in [2.05, 4.69) is 110 Å². The van der Waals surface area contributed by atoms with E-state index in [1.807, 2.05) is 0 Å². The van der Waals surface area contributed by atoms with Gasteiger partial charge in [-0.15, -0.1) is 0 Å². The van der Waals surface area contributed by atoms with Crippen LogP contribution >= 0.6 is 0 Å². The summed E-state index contributed by atoms with van der Waals surface area (Å²) < 4.78 is 0. The number of hydrogen-bond acceptors (Lipinski definition) is 0. The zero-order valence-electron chi connectivity index (χ0n) is 17.3. The molecule has 0 aliphatic rings. The van der Waals surface area contributed by atoms with E-state index in [4.69, 9.17) is 0 Å². The van der Waals surface area contributed by atoms with Crippen molar-refractivity contribution in [3.8, 4) is 0 Å². The summed E-state index contributed by atoms with van der Waals surface area (Å²) >= 11 is 0. The molecule has 0 heterocycles. The van der Waals surface area contributed by atoms with Gasteiger partial charge in [-0.2, -0.15) is 0 Å². The maximum Gasteiger partial charge on any atom is -0.000764 e. The molecule has 0 heteroatoms. The standard InChI is InChI=1S/C31H20/c1-19-9-8-16-26-28(19)27-18-17-20-10-2-3-11-21(20)29(27)31-25-15-7-5-13-23(25)22-12-4-6-14-24(22)30(26)31/h2-18H,1H3. The van der Waals surface area contributed by atoms with E-state index in [0.717, 1.165) is 0 Å². The smallest absolute Gasteiger partial charge is 0.000764 e. The van der Waals surface area contributed by atoms with Gasteiger partial charge in [0.2, 0.25) is 0 Å². The first kappa shape index (κ1) is 16.8. The molecule has 7 rings (SSSR count). The van der Waals surface area contributed by atoms with E-state index in [0.29, 0.717) is 0 Å². The van der Waals surface area contributed by atoms with Crippen molar-refractivity contribution < 1.29 is 0 Å². The first-order valence-corrected chi connectivity index (χ1v) is 10.9. The van der Waals surface area contributed by atoms with E-state index in [1.54, 1.807) is 0 Å². The van der Waals surface area contributed by atoms with Crippen LogP contribution in [0.4, 0.5) is 0 Å². The second-order valence-electron chi connectivity index (χ2n) is 8.55. The fourth-order valence-electron chi connectivity index (χ4n) is 5.66. The average molecular weight is 393 g/mol. The van der Waals surface area contributed by atoms with Crippen LogP contribution in [0.15, 0.2) is 103 Å². The van der Waals surface area contributed by atoms with Gasteiger partial charge in [-0.1, -0.05) is 103 Å². The summed E-state index contributed by atoms with van der Waals surface area (Å²) in [6.45, 7) is 2.24. The molecule has 0 bridgehead atoms. The van der Waals surface area contributed by atoms with Gasteiger partial charge in [0.25, 0.3) is 0 Å². The van der Waals surface area contributed by atoms with Crippen molar-refractivity contribution in [2.24, 2.45) is 0 Å². The number of fused-ring (bicyclic) bond motifs is 13. The number of hydrogen-bond donors (Lipinski definition) is 0. The van der Waals surface area contributed by atoms with Crippen LogP contribution < -0.4 is 0 Å². The van der Waals surface area contributed by atoms with Gasteiger partial charge in [-0.3, -0.25) is 0 Å².